The fraction of sp³-hybridized carbons (Fsp3) is 0.500. The van der Waals surface area contributed by atoms with Crippen molar-refractivity contribution in [1.82, 2.24) is 4.31 Å². The first-order valence-corrected chi connectivity index (χ1v) is 8.43. The van der Waals surface area contributed by atoms with Crippen molar-refractivity contribution in [2.75, 3.05) is 11.9 Å². The second-order valence-electron chi connectivity index (χ2n) is 6.34. The van der Waals surface area contributed by atoms with Gasteiger partial charge in [-0.1, -0.05) is 0 Å². The summed E-state index contributed by atoms with van der Waals surface area (Å²) in [7, 11) is -1.20. The van der Waals surface area contributed by atoms with E-state index in [9.17, 15) is 9.00 Å². The Kier molecular flexibility index (Phi) is 4.99. The van der Waals surface area contributed by atoms with Crippen LogP contribution in [0.4, 0.5) is 5.69 Å². The average molecular weight is 319 g/mol. The first-order valence-electron chi connectivity index (χ1n) is 7.32. The molecule has 1 saturated heterocycles. The Balaban J connectivity index is 2.08. The van der Waals surface area contributed by atoms with E-state index in [1.54, 1.807) is 28.6 Å². The highest BCUT2D eigenvalue weighted by Crippen LogP contribution is 2.26. The van der Waals surface area contributed by atoms with Crippen molar-refractivity contribution >= 4 is 22.6 Å². The molecule has 0 saturated carbocycles. The van der Waals surface area contributed by atoms with Crippen LogP contribution in [-0.4, -0.2) is 31.8 Å². The van der Waals surface area contributed by atoms with Gasteiger partial charge in [0.25, 0.3) is 0 Å². The number of carbonyl (C=O) groups is 1. The lowest BCUT2D eigenvalue weighted by atomic mass is 10.2. The number of nitrogens with zero attached hydrogens (tertiary/aromatic N) is 2. The maximum atomic E-state index is 12.5. The molecule has 0 aliphatic carbocycles. The van der Waals surface area contributed by atoms with E-state index in [1.165, 1.54) is 0 Å². The zero-order valence-electron chi connectivity index (χ0n) is 13.1. The summed E-state index contributed by atoms with van der Waals surface area (Å²) >= 11 is 0. The molecule has 5 nitrogen and oxygen atoms in total. The molecule has 1 aliphatic heterocycles. The van der Waals surface area contributed by atoms with Gasteiger partial charge in [-0.3, -0.25) is 4.79 Å². The summed E-state index contributed by atoms with van der Waals surface area (Å²) in [6, 6.07) is 8.41. The molecule has 1 unspecified atom stereocenters. The molecular weight excluding hydrogens is 298 g/mol. The summed E-state index contributed by atoms with van der Waals surface area (Å²) in [5.41, 5.74) is 1.20. The molecule has 1 aromatic carbocycles. The van der Waals surface area contributed by atoms with E-state index in [4.69, 9.17) is 5.26 Å². The maximum absolute atomic E-state index is 12.5. The van der Waals surface area contributed by atoms with E-state index < -0.39 is 11.0 Å². The number of hydrogen-bond acceptors (Lipinski definition) is 3. The molecule has 1 heterocycles. The topological polar surface area (TPSA) is 73.2 Å². The standard InChI is InChI=1S/C16H21N3O2S/c1-16(2,3)22(21)19-10-4-5-14(19)15(20)18-13-8-6-12(11-17)7-9-13/h6-9,14H,4-5,10H2,1-3H3,(H,18,20)/t14-,22?/m0/s1. The Morgan fingerprint density at radius 2 is 2.00 bits per heavy atom. The Morgan fingerprint density at radius 1 is 1.36 bits per heavy atom. The van der Waals surface area contributed by atoms with Gasteiger partial charge in [0.05, 0.1) is 16.4 Å². The van der Waals surface area contributed by atoms with Gasteiger partial charge in [0.15, 0.2) is 0 Å². The van der Waals surface area contributed by atoms with Crippen molar-refractivity contribution in [3.63, 3.8) is 0 Å². The number of carbonyl (C=O) groups excluding carboxylic acids is 1. The predicted octanol–water partition coefficient (Wildman–Crippen LogP) is 2.42. The fourth-order valence-corrected chi connectivity index (χ4v) is 3.84. The van der Waals surface area contributed by atoms with Crippen molar-refractivity contribution in [3.05, 3.63) is 29.8 Å². The van der Waals surface area contributed by atoms with Gasteiger partial charge in [0.2, 0.25) is 5.91 Å². The smallest absolute Gasteiger partial charge is 0.242 e. The highest BCUT2D eigenvalue weighted by Gasteiger charge is 2.38. The van der Waals surface area contributed by atoms with Gasteiger partial charge in [-0.05, 0) is 57.9 Å². The Hall–Kier alpha value is -1.71. The van der Waals surface area contributed by atoms with E-state index >= 15 is 0 Å². The summed E-state index contributed by atoms with van der Waals surface area (Å²) < 4.78 is 14.0. The lowest BCUT2D eigenvalue weighted by Gasteiger charge is -2.29. The number of rotatable bonds is 3. The molecule has 1 N–H and O–H groups in total. The second kappa shape index (κ2) is 6.59. The van der Waals surface area contributed by atoms with Crippen LogP contribution in [0.5, 0.6) is 0 Å². The van der Waals surface area contributed by atoms with E-state index in [2.05, 4.69) is 5.32 Å². The van der Waals surface area contributed by atoms with Crippen LogP contribution in [0.2, 0.25) is 0 Å². The minimum Gasteiger partial charge on any atom is -0.325 e. The monoisotopic (exact) mass is 319 g/mol. The van der Waals surface area contributed by atoms with Crippen LogP contribution in [0, 0.1) is 11.3 Å². The molecule has 0 spiro atoms. The van der Waals surface area contributed by atoms with Crippen LogP contribution in [0.1, 0.15) is 39.2 Å². The lowest BCUT2D eigenvalue weighted by molar-refractivity contribution is -0.119. The summed E-state index contributed by atoms with van der Waals surface area (Å²) in [5.74, 6) is -0.139. The van der Waals surface area contributed by atoms with Crippen molar-refractivity contribution in [1.29, 1.82) is 5.26 Å². The van der Waals surface area contributed by atoms with E-state index in [0.717, 1.165) is 6.42 Å². The van der Waals surface area contributed by atoms with E-state index in [0.29, 0.717) is 24.2 Å². The van der Waals surface area contributed by atoms with Crippen LogP contribution in [0.15, 0.2) is 24.3 Å². The maximum Gasteiger partial charge on any atom is 0.242 e. The second-order valence-corrected chi connectivity index (χ2v) is 8.53. The van der Waals surface area contributed by atoms with Crippen LogP contribution in [0.3, 0.4) is 0 Å². The third kappa shape index (κ3) is 3.73. The Bertz CT molecular complexity index is 614. The molecule has 118 valence electrons. The van der Waals surface area contributed by atoms with Gasteiger partial charge in [0.1, 0.15) is 17.0 Å². The molecule has 22 heavy (non-hydrogen) atoms. The zero-order chi connectivity index (χ0) is 16.3. The molecule has 2 rings (SSSR count). The van der Waals surface area contributed by atoms with Crippen molar-refractivity contribution in [2.45, 2.75) is 44.4 Å². The molecule has 1 fully saturated rings. The molecular formula is C16H21N3O2S. The summed E-state index contributed by atoms with van der Waals surface area (Å²) in [6.45, 7) is 6.42. The predicted molar refractivity (Wildman–Crippen MR) is 87.4 cm³/mol. The van der Waals surface area contributed by atoms with Crippen LogP contribution >= 0.6 is 0 Å². The van der Waals surface area contributed by atoms with Gasteiger partial charge in [-0.25, -0.2) is 8.51 Å². The number of benzene rings is 1. The Labute approximate surface area is 133 Å². The molecule has 0 aromatic heterocycles. The van der Waals surface area contributed by atoms with Crippen LogP contribution in [0.25, 0.3) is 0 Å². The van der Waals surface area contributed by atoms with Crippen molar-refractivity contribution in [2.24, 2.45) is 0 Å². The van der Waals surface area contributed by atoms with Gasteiger partial charge in [-0.15, -0.1) is 0 Å². The van der Waals surface area contributed by atoms with Gasteiger partial charge < -0.3 is 5.32 Å². The minimum absolute atomic E-state index is 0.139. The lowest BCUT2D eigenvalue weighted by Crippen LogP contribution is -2.45. The highest BCUT2D eigenvalue weighted by molar-refractivity contribution is 7.84. The SMILES string of the molecule is CC(C)(C)S(=O)N1CCC[C@H]1C(=O)Nc1ccc(C#N)cc1. The molecule has 0 bridgehead atoms. The van der Waals surface area contributed by atoms with Crippen molar-refractivity contribution < 1.29 is 9.00 Å². The molecule has 1 aromatic rings. The average Bonchev–Trinajstić information content (AvgIpc) is 2.95. The molecule has 1 aliphatic rings. The normalized spacial score (nSPS) is 20.4. The highest BCUT2D eigenvalue weighted by atomic mass is 32.2. The summed E-state index contributed by atoms with van der Waals surface area (Å²) in [4.78, 5) is 12.5. The summed E-state index contributed by atoms with van der Waals surface area (Å²) in [5, 5.41) is 11.6. The molecule has 0 radical (unpaired) electrons. The minimum atomic E-state index is -1.20. The number of amides is 1. The summed E-state index contributed by atoms with van der Waals surface area (Å²) in [6.07, 6.45) is 1.58. The van der Waals surface area contributed by atoms with Gasteiger partial charge in [0, 0.05) is 12.2 Å². The molecule has 6 heteroatoms. The van der Waals surface area contributed by atoms with E-state index in [-0.39, 0.29) is 16.7 Å². The number of nitrogens with one attached hydrogen (secondary N) is 1. The van der Waals surface area contributed by atoms with Gasteiger partial charge >= 0.3 is 0 Å². The molecule has 2 atom stereocenters. The quantitative estimate of drug-likeness (QED) is 0.930. The first-order chi connectivity index (χ1) is 10.3. The van der Waals surface area contributed by atoms with Gasteiger partial charge in [-0.2, -0.15) is 5.26 Å². The number of nitriles is 1. The van der Waals surface area contributed by atoms with Crippen LogP contribution < -0.4 is 5.32 Å². The fourth-order valence-electron chi connectivity index (χ4n) is 2.41. The Morgan fingerprint density at radius 3 is 2.55 bits per heavy atom. The zero-order valence-corrected chi connectivity index (χ0v) is 13.9. The van der Waals surface area contributed by atoms with Crippen molar-refractivity contribution in [3.8, 4) is 6.07 Å². The third-order valence-corrected chi connectivity index (χ3v) is 5.44. The largest absolute Gasteiger partial charge is 0.325 e. The molecule has 1 amide bonds. The number of anilines is 1. The first kappa shape index (κ1) is 16.7. The third-order valence-electron chi connectivity index (χ3n) is 3.52. The van der Waals surface area contributed by atoms with E-state index in [1.807, 2.05) is 26.8 Å². The van der Waals surface area contributed by atoms with Crippen LogP contribution in [-0.2, 0) is 15.8 Å². The number of hydrogen-bond donors (Lipinski definition) is 1.